The molecule has 5 heteroatoms. The van der Waals surface area contributed by atoms with Crippen LogP contribution < -0.4 is 5.32 Å². The van der Waals surface area contributed by atoms with Crippen molar-refractivity contribution in [3.8, 4) is 6.07 Å². The number of nitrogens with zero attached hydrogens (tertiary/aromatic N) is 2. The molecule has 1 unspecified atom stereocenters. The topological polar surface area (TPSA) is 64.5 Å². The summed E-state index contributed by atoms with van der Waals surface area (Å²) in [5, 5.41) is 14.7. The molecule has 4 aromatic rings. The number of nitrogens with one attached hydrogen (secondary N) is 2. The molecule has 0 aliphatic carbocycles. The van der Waals surface area contributed by atoms with E-state index in [4.69, 9.17) is 0 Å². The van der Waals surface area contributed by atoms with Crippen molar-refractivity contribution in [2.24, 2.45) is 5.41 Å². The molecule has 2 aromatic heterocycles. The van der Waals surface area contributed by atoms with E-state index in [-0.39, 0.29) is 11.2 Å². The first kappa shape index (κ1) is 25.7. The molecule has 0 spiro atoms. The number of aromatic nitrogens is 2. The Morgan fingerprint density at radius 3 is 2.69 bits per heavy atom. The molecular formula is C30H33FN4. The number of rotatable bonds is 9. The summed E-state index contributed by atoms with van der Waals surface area (Å²) in [5.74, 6) is -0.245. The minimum atomic E-state index is -0.245. The molecule has 0 aliphatic rings. The number of para-hydroxylation sites is 1. The normalized spacial score (nSPS) is 12.3. The largest absolute Gasteiger partial charge is 0.388 e. The molecule has 0 bridgehead atoms. The lowest BCUT2D eigenvalue weighted by atomic mass is 9.85. The number of aromatic amines is 1. The van der Waals surface area contributed by atoms with E-state index in [0.717, 1.165) is 58.0 Å². The van der Waals surface area contributed by atoms with Crippen molar-refractivity contribution in [3.05, 3.63) is 102 Å². The van der Waals surface area contributed by atoms with Crippen molar-refractivity contribution in [1.29, 1.82) is 5.26 Å². The van der Waals surface area contributed by atoms with Crippen LogP contribution in [0.3, 0.4) is 0 Å². The molecule has 2 N–H and O–H groups in total. The van der Waals surface area contributed by atoms with Gasteiger partial charge in [0, 0.05) is 34.3 Å². The minimum absolute atomic E-state index is 0.203. The maximum Gasteiger partial charge on any atom is 0.141 e. The Hall–Kier alpha value is -3.91. The lowest BCUT2D eigenvalue weighted by Gasteiger charge is -2.27. The second-order valence-electron chi connectivity index (χ2n) is 8.82. The molecule has 4 nitrogen and oxygen atoms in total. The Bertz CT molecular complexity index is 1380. The molecule has 180 valence electrons. The molecular weight excluding hydrogens is 435 g/mol. The van der Waals surface area contributed by atoms with Gasteiger partial charge in [-0.1, -0.05) is 51.6 Å². The Kier molecular flexibility index (Phi) is 8.43. The summed E-state index contributed by atoms with van der Waals surface area (Å²) in [4.78, 5) is 7.81. The van der Waals surface area contributed by atoms with Crippen LogP contribution in [0.1, 0.15) is 44.1 Å². The quantitative estimate of drug-likeness (QED) is 0.255. The summed E-state index contributed by atoms with van der Waals surface area (Å²) in [6.45, 7) is 15.1. The van der Waals surface area contributed by atoms with Gasteiger partial charge in [-0.25, -0.2) is 9.37 Å². The van der Waals surface area contributed by atoms with E-state index < -0.39 is 0 Å². The minimum Gasteiger partial charge on any atom is -0.388 e. The molecule has 4 rings (SSSR count). The van der Waals surface area contributed by atoms with Gasteiger partial charge in [0.15, 0.2) is 0 Å². The number of aryl methyl sites for hydroxylation is 1. The fourth-order valence-corrected chi connectivity index (χ4v) is 4.07. The van der Waals surface area contributed by atoms with Crippen molar-refractivity contribution in [2.45, 2.75) is 40.0 Å². The summed E-state index contributed by atoms with van der Waals surface area (Å²) >= 11 is 0. The van der Waals surface area contributed by atoms with Gasteiger partial charge in [-0.15, -0.1) is 6.58 Å². The first-order valence-corrected chi connectivity index (χ1v) is 12.0. The van der Waals surface area contributed by atoms with Crippen LogP contribution in [0, 0.1) is 22.6 Å². The Morgan fingerprint density at radius 2 is 1.94 bits per heavy atom. The zero-order valence-corrected chi connectivity index (χ0v) is 20.8. The van der Waals surface area contributed by atoms with Gasteiger partial charge in [0.1, 0.15) is 17.6 Å². The van der Waals surface area contributed by atoms with Gasteiger partial charge >= 0.3 is 0 Å². The van der Waals surface area contributed by atoms with Crippen LogP contribution in [0.5, 0.6) is 0 Å². The molecule has 0 saturated heterocycles. The van der Waals surface area contributed by atoms with Crippen molar-refractivity contribution >= 4 is 21.8 Å². The molecule has 0 amide bonds. The molecule has 0 aliphatic heterocycles. The van der Waals surface area contributed by atoms with Crippen molar-refractivity contribution < 1.29 is 4.39 Å². The van der Waals surface area contributed by atoms with Gasteiger partial charge in [0.2, 0.25) is 0 Å². The Labute approximate surface area is 207 Å². The third-order valence-electron chi connectivity index (χ3n) is 6.08. The number of H-pyrrole nitrogens is 1. The number of nitriles is 1. The van der Waals surface area contributed by atoms with Gasteiger partial charge in [-0.3, -0.25) is 0 Å². The first-order valence-electron chi connectivity index (χ1n) is 12.0. The van der Waals surface area contributed by atoms with Crippen LogP contribution in [-0.2, 0) is 12.8 Å². The van der Waals surface area contributed by atoms with Gasteiger partial charge in [-0.05, 0) is 66.6 Å². The smallest absolute Gasteiger partial charge is 0.141 e. The molecule has 1 atom stereocenters. The highest BCUT2D eigenvalue weighted by molar-refractivity contribution is 5.82. The van der Waals surface area contributed by atoms with Crippen LogP contribution in [-0.4, -0.2) is 16.5 Å². The number of hydrogen-bond donors (Lipinski definition) is 2. The van der Waals surface area contributed by atoms with Gasteiger partial charge in [0.05, 0.1) is 5.52 Å². The zero-order chi connectivity index (χ0) is 25.4. The van der Waals surface area contributed by atoms with Crippen LogP contribution in [0.15, 0.2) is 79.5 Å². The number of allylic oxidation sites excluding steroid dienone is 1. The van der Waals surface area contributed by atoms with Crippen LogP contribution in [0.4, 0.5) is 4.39 Å². The van der Waals surface area contributed by atoms with E-state index >= 15 is 0 Å². The van der Waals surface area contributed by atoms with Crippen LogP contribution in [0.25, 0.3) is 21.8 Å². The standard InChI is InChI=1S/C28H27FN4.C2H6/c1-4-28(3,16-25-14-22-10-12-23(29)15-26(22)32-25)18-31-19(2)8-9-20-6-5-7-21-11-13-24(17-30)33-27(20)21;1-2/h4-7,10-15,31-32H,1-2,8-9,16,18H2,3H3;1-2H3. The maximum atomic E-state index is 13.5. The van der Waals surface area contributed by atoms with Gasteiger partial charge in [0.25, 0.3) is 0 Å². The molecule has 35 heavy (non-hydrogen) atoms. The van der Waals surface area contributed by atoms with Gasteiger partial charge in [-0.2, -0.15) is 5.26 Å². The fraction of sp³-hybridized carbons (Fsp3) is 0.267. The zero-order valence-electron chi connectivity index (χ0n) is 20.8. The average molecular weight is 469 g/mol. The predicted octanol–water partition coefficient (Wildman–Crippen LogP) is 7.22. The first-order chi connectivity index (χ1) is 16.9. The second kappa shape index (κ2) is 11.5. The Balaban J connectivity index is 0.00000167. The summed E-state index contributed by atoms with van der Waals surface area (Å²) in [7, 11) is 0. The summed E-state index contributed by atoms with van der Waals surface area (Å²) in [6, 6.07) is 18.7. The molecule has 0 fully saturated rings. The third kappa shape index (κ3) is 6.36. The number of fused-ring (bicyclic) bond motifs is 2. The van der Waals surface area contributed by atoms with E-state index in [0.29, 0.717) is 12.2 Å². The molecule has 0 saturated carbocycles. The highest BCUT2D eigenvalue weighted by atomic mass is 19.1. The summed E-state index contributed by atoms with van der Waals surface area (Å²) in [5.41, 5.74) is 4.98. The number of benzene rings is 2. The highest BCUT2D eigenvalue weighted by Gasteiger charge is 2.22. The molecule has 2 heterocycles. The summed E-state index contributed by atoms with van der Waals surface area (Å²) < 4.78 is 13.5. The van der Waals surface area contributed by atoms with Crippen molar-refractivity contribution in [2.75, 3.05) is 6.54 Å². The molecule has 2 aromatic carbocycles. The van der Waals surface area contributed by atoms with E-state index in [1.165, 1.54) is 12.1 Å². The monoisotopic (exact) mass is 468 g/mol. The lowest BCUT2D eigenvalue weighted by Crippen LogP contribution is -2.31. The highest BCUT2D eigenvalue weighted by Crippen LogP contribution is 2.26. The van der Waals surface area contributed by atoms with Crippen LogP contribution in [0.2, 0.25) is 0 Å². The van der Waals surface area contributed by atoms with Gasteiger partial charge < -0.3 is 10.3 Å². The number of halogens is 1. The molecule has 0 radical (unpaired) electrons. The lowest BCUT2D eigenvalue weighted by molar-refractivity contribution is 0.402. The Morgan fingerprint density at radius 1 is 1.17 bits per heavy atom. The van der Waals surface area contributed by atoms with E-state index in [1.807, 2.05) is 38.1 Å². The average Bonchev–Trinajstić information content (AvgIpc) is 3.27. The van der Waals surface area contributed by atoms with E-state index in [1.54, 1.807) is 12.1 Å². The number of pyridine rings is 1. The second-order valence-corrected chi connectivity index (χ2v) is 8.82. The van der Waals surface area contributed by atoms with Crippen molar-refractivity contribution in [3.63, 3.8) is 0 Å². The van der Waals surface area contributed by atoms with Crippen molar-refractivity contribution in [1.82, 2.24) is 15.3 Å². The number of hydrogen-bond acceptors (Lipinski definition) is 3. The third-order valence-corrected chi connectivity index (χ3v) is 6.08. The van der Waals surface area contributed by atoms with E-state index in [2.05, 4.69) is 53.6 Å². The van der Waals surface area contributed by atoms with Crippen LogP contribution >= 0.6 is 0 Å². The van der Waals surface area contributed by atoms with E-state index in [9.17, 15) is 9.65 Å². The predicted molar refractivity (Wildman–Crippen MR) is 144 cm³/mol. The summed E-state index contributed by atoms with van der Waals surface area (Å²) in [6.07, 6.45) is 4.24. The SMILES string of the molecule is C=CC(C)(CNC(=C)CCc1cccc2ccc(C#N)nc12)Cc1cc2ccc(F)cc2[nH]1.CC. The maximum absolute atomic E-state index is 13.5. The fourth-order valence-electron chi connectivity index (χ4n) is 4.07.